The highest BCUT2D eigenvalue weighted by Gasteiger charge is 2.21. The summed E-state index contributed by atoms with van der Waals surface area (Å²) in [6.07, 6.45) is 13.1. The fraction of sp³-hybridized carbons (Fsp3) is 0.458. The Bertz CT molecular complexity index is 900. The van der Waals surface area contributed by atoms with Gasteiger partial charge < -0.3 is 24.7 Å². The number of piperidine rings is 1. The normalized spacial score (nSPS) is 19.2. The molecule has 1 saturated heterocycles. The highest BCUT2D eigenvalue weighted by Crippen LogP contribution is 2.29. The lowest BCUT2D eigenvalue weighted by atomic mass is 10.00. The Kier molecular flexibility index (Phi) is 8.71. The molecule has 172 valence electrons. The van der Waals surface area contributed by atoms with Gasteiger partial charge in [0, 0.05) is 25.6 Å². The Balaban J connectivity index is 1.80. The molecule has 0 spiro atoms. The highest BCUT2D eigenvalue weighted by atomic mass is 16.6. The first kappa shape index (κ1) is 23.4. The zero-order valence-electron chi connectivity index (χ0n) is 18.2. The summed E-state index contributed by atoms with van der Waals surface area (Å²) in [5, 5.41) is 24.3. The zero-order chi connectivity index (χ0) is 22.8. The monoisotopic (exact) mass is 442 g/mol. The molecule has 2 aliphatic rings. The van der Waals surface area contributed by atoms with E-state index in [-0.39, 0.29) is 42.6 Å². The SMILES string of the molecule is O=C1OCCC=CCCC=CC(=NOCC(=O)N2CCCCC2)Cc2cc(O)cc(O)c21. The van der Waals surface area contributed by atoms with Gasteiger partial charge in [-0.05, 0) is 56.2 Å². The van der Waals surface area contributed by atoms with Crippen LogP contribution in [-0.2, 0) is 20.8 Å². The van der Waals surface area contributed by atoms with E-state index in [1.165, 1.54) is 6.07 Å². The summed E-state index contributed by atoms with van der Waals surface area (Å²) in [4.78, 5) is 32.0. The number of amides is 1. The molecule has 2 aliphatic heterocycles. The first-order valence-electron chi connectivity index (χ1n) is 11.0. The number of cyclic esters (lactones) is 1. The standard InChI is InChI=1S/C24H30N2O6/c27-20-15-18-14-19(25-32-17-22(29)26-11-7-5-8-12-26)10-6-3-1-2-4-9-13-31-24(30)23(18)21(28)16-20/h2,4,6,10,15-16,27-28H,1,3,5,7-9,11-14,17H2. The maximum atomic E-state index is 12.6. The average Bonchev–Trinajstić information content (AvgIpc) is 2.77. The number of fused-ring (bicyclic) bond motifs is 1. The van der Waals surface area contributed by atoms with Crippen molar-refractivity contribution in [2.45, 2.75) is 44.9 Å². The lowest BCUT2D eigenvalue weighted by molar-refractivity contribution is -0.137. The van der Waals surface area contributed by atoms with Gasteiger partial charge in [-0.15, -0.1) is 0 Å². The Morgan fingerprint density at radius 1 is 1.06 bits per heavy atom. The summed E-state index contributed by atoms with van der Waals surface area (Å²) in [6, 6.07) is 2.49. The van der Waals surface area contributed by atoms with Crippen molar-refractivity contribution in [2.24, 2.45) is 5.16 Å². The van der Waals surface area contributed by atoms with E-state index < -0.39 is 5.97 Å². The molecule has 0 aliphatic carbocycles. The molecule has 0 atom stereocenters. The molecular formula is C24H30N2O6. The van der Waals surface area contributed by atoms with Crippen LogP contribution < -0.4 is 0 Å². The number of aromatic hydroxyl groups is 2. The fourth-order valence-corrected chi connectivity index (χ4v) is 3.71. The van der Waals surface area contributed by atoms with Gasteiger partial charge in [0.25, 0.3) is 5.91 Å². The molecule has 32 heavy (non-hydrogen) atoms. The number of rotatable bonds is 3. The number of likely N-dealkylation sites (tertiary alicyclic amines) is 1. The smallest absolute Gasteiger partial charge is 0.342 e. The minimum absolute atomic E-state index is 0.0191. The summed E-state index contributed by atoms with van der Waals surface area (Å²) in [7, 11) is 0. The van der Waals surface area contributed by atoms with Crippen LogP contribution >= 0.6 is 0 Å². The third-order valence-electron chi connectivity index (χ3n) is 5.33. The summed E-state index contributed by atoms with van der Waals surface area (Å²) < 4.78 is 5.28. The van der Waals surface area contributed by atoms with E-state index in [4.69, 9.17) is 9.57 Å². The van der Waals surface area contributed by atoms with Gasteiger partial charge in [0.05, 0.1) is 12.3 Å². The molecule has 0 unspecified atom stereocenters. The lowest BCUT2D eigenvalue weighted by Crippen LogP contribution is -2.37. The van der Waals surface area contributed by atoms with Gasteiger partial charge in [0.1, 0.15) is 17.1 Å². The Labute approximate surface area is 187 Å². The molecule has 8 heteroatoms. The molecule has 0 bridgehead atoms. The van der Waals surface area contributed by atoms with Crippen LogP contribution in [-0.4, -0.2) is 59.0 Å². The van der Waals surface area contributed by atoms with Crippen molar-refractivity contribution in [3.63, 3.8) is 0 Å². The molecule has 1 aromatic rings. The van der Waals surface area contributed by atoms with Gasteiger partial charge in [-0.3, -0.25) is 4.79 Å². The number of hydrogen-bond donors (Lipinski definition) is 2. The molecule has 1 aromatic carbocycles. The number of benzene rings is 1. The first-order valence-corrected chi connectivity index (χ1v) is 11.0. The fourth-order valence-electron chi connectivity index (χ4n) is 3.71. The topological polar surface area (TPSA) is 109 Å². The maximum Gasteiger partial charge on any atom is 0.342 e. The van der Waals surface area contributed by atoms with Crippen LogP contribution in [0.5, 0.6) is 11.5 Å². The minimum Gasteiger partial charge on any atom is -0.508 e. The van der Waals surface area contributed by atoms with Gasteiger partial charge >= 0.3 is 5.97 Å². The number of phenols is 2. The highest BCUT2D eigenvalue weighted by molar-refractivity contribution is 6.00. The summed E-state index contributed by atoms with van der Waals surface area (Å²) in [6.45, 7) is 1.49. The molecule has 0 aromatic heterocycles. The van der Waals surface area contributed by atoms with Crippen LogP contribution in [0.25, 0.3) is 0 Å². The molecule has 0 saturated carbocycles. The van der Waals surface area contributed by atoms with Gasteiger partial charge in [-0.1, -0.05) is 23.4 Å². The quantitative estimate of drug-likeness (QED) is 0.421. The van der Waals surface area contributed by atoms with Gasteiger partial charge in [0.15, 0.2) is 6.61 Å². The minimum atomic E-state index is -0.674. The summed E-state index contributed by atoms with van der Waals surface area (Å²) in [5.41, 5.74) is 0.792. The third kappa shape index (κ3) is 6.87. The van der Waals surface area contributed by atoms with Crippen LogP contribution in [0.4, 0.5) is 0 Å². The second-order valence-electron chi connectivity index (χ2n) is 7.85. The Morgan fingerprint density at radius 2 is 1.81 bits per heavy atom. The maximum absolute atomic E-state index is 12.6. The average molecular weight is 443 g/mol. The van der Waals surface area contributed by atoms with E-state index in [2.05, 4.69) is 5.16 Å². The number of carbonyl (C=O) groups is 2. The van der Waals surface area contributed by atoms with Crippen LogP contribution in [0.3, 0.4) is 0 Å². The number of carbonyl (C=O) groups excluding carboxylic acids is 2. The van der Waals surface area contributed by atoms with E-state index in [1.54, 1.807) is 11.0 Å². The van der Waals surface area contributed by atoms with Crippen LogP contribution in [0.15, 0.2) is 41.6 Å². The number of allylic oxidation sites excluding steroid dienone is 3. The summed E-state index contributed by atoms with van der Waals surface area (Å²) >= 11 is 0. The molecular weight excluding hydrogens is 412 g/mol. The summed E-state index contributed by atoms with van der Waals surface area (Å²) in [5.74, 6) is -1.32. The van der Waals surface area contributed by atoms with Crippen molar-refractivity contribution in [2.75, 3.05) is 26.3 Å². The van der Waals surface area contributed by atoms with E-state index >= 15 is 0 Å². The van der Waals surface area contributed by atoms with Crippen molar-refractivity contribution < 1.29 is 29.4 Å². The molecule has 3 rings (SSSR count). The number of phenolic OH excluding ortho intramolecular Hbond substituents is 2. The number of hydrogen-bond acceptors (Lipinski definition) is 7. The lowest BCUT2D eigenvalue weighted by Gasteiger charge is -2.26. The predicted octanol–water partition coefficient (Wildman–Crippen LogP) is 3.48. The Hall–Kier alpha value is -3.29. The van der Waals surface area contributed by atoms with E-state index in [0.29, 0.717) is 17.7 Å². The van der Waals surface area contributed by atoms with Crippen molar-refractivity contribution in [3.05, 3.63) is 47.6 Å². The Morgan fingerprint density at radius 3 is 2.62 bits per heavy atom. The number of nitrogens with zero attached hydrogens (tertiary/aromatic N) is 2. The first-order chi connectivity index (χ1) is 15.5. The van der Waals surface area contributed by atoms with Gasteiger partial charge in [-0.25, -0.2) is 4.79 Å². The van der Waals surface area contributed by atoms with Crippen LogP contribution in [0, 0.1) is 0 Å². The molecule has 1 fully saturated rings. The third-order valence-corrected chi connectivity index (χ3v) is 5.33. The number of esters is 1. The molecule has 0 radical (unpaired) electrons. The number of ether oxygens (including phenoxy) is 1. The molecule has 2 heterocycles. The van der Waals surface area contributed by atoms with Crippen LogP contribution in [0.1, 0.15) is 54.4 Å². The molecule has 2 N–H and O–H groups in total. The van der Waals surface area contributed by atoms with Crippen LogP contribution in [0.2, 0.25) is 0 Å². The van der Waals surface area contributed by atoms with Crippen molar-refractivity contribution in [1.29, 1.82) is 0 Å². The van der Waals surface area contributed by atoms with E-state index in [9.17, 15) is 19.8 Å². The largest absolute Gasteiger partial charge is 0.508 e. The van der Waals surface area contributed by atoms with Gasteiger partial charge in [0.2, 0.25) is 0 Å². The zero-order valence-corrected chi connectivity index (χ0v) is 18.2. The van der Waals surface area contributed by atoms with E-state index in [1.807, 2.05) is 18.2 Å². The van der Waals surface area contributed by atoms with Gasteiger partial charge in [-0.2, -0.15) is 0 Å². The van der Waals surface area contributed by atoms with Crippen molar-refractivity contribution in [3.8, 4) is 11.5 Å². The number of oxime groups is 1. The molecule has 1 amide bonds. The molecule has 8 nitrogen and oxygen atoms in total. The predicted molar refractivity (Wildman–Crippen MR) is 120 cm³/mol. The van der Waals surface area contributed by atoms with E-state index in [0.717, 1.165) is 51.3 Å². The van der Waals surface area contributed by atoms with Crippen molar-refractivity contribution in [1.82, 2.24) is 4.90 Å². The second kappa shape index (κ2) is 11.9. The second-order valence-corrected chi connectivity index (χ2v) is 7.85. The van der Waals surface area contributed by atoms with Crippen molar-refractivity contribution >= 4 is 17.6 Å².